The van der Waals surface area contributed by atoms with E-state index >= 15 is 0 Å². The van der Waals surface area contributed by atoms with Crippen LogP contribution in [0.15, 0.2) is 66.9 Å². The number of ether oxygens (including phenoxy) is 2. The maximum absolute atomic E-state index is 12.7. The van der Waals surface area contributed by atoms with Gasteiger partial charge in [0.25, 0.3) is 5.91 Å². The molecule has 0 radical (unpaired) electrons. The van der Waals surface area contributed by atoms with Crippen LogP contribution in [0.2, 0.25) is 0 Å². The molecule has 2 amide bonds. The first kappa shape index (κ1) is 24.2. The van der Waals surface area contributed by atoms with E-state index in [0.717, 1.165) is 17.7 Å². The number of amides is 2. The molecule has 2 aromatic carbocycles. The predicted octanol–water partition coefficient (Wildman–Crippen LogP) is 2.29. The fraction of sp³-hybridized carbons (Fsp3) is 0.308. The van der Waals surface area contributed by atoms with Crippen LogP contribution < -0.4 is 10.6 Å². The van der Waals surface area contributed by atoms with Gasteiger partial charge in [0.05, 0.1) is 13.0 Å². The number of hydrogen-bond donors (Lipinski definition) is 3. The smallest absolute Gasteiger partial charge is 0.310 e. The lowest BCUT2D eigenvalue weighted by molar-refractivity contribution is -0.168. The normalized spacial score (nSPS) is 18.0. The number of imidazole rings is 1. The summed E-state index contributed by atoms with van der Waals surface area (Å²) in [5, 5.41) is 5.37. The first-order chi connectivity index (χ1) is 17.0. The fourth-order valence-electron chi connectivity index (χ4n) is 3.72. The van der Waals surface area contributed by atoms with Gasteiger partial charge in [0.1, 0.15) is 12.1 Å². The molecule has 0 aliphatic carbocycles. The van der Waals surface area contributed by atoms with Gasteiger partial charge in [0.2, 0.25) is 12.2 Å². The standard InChI is InChI=1S/C26H28N4O5/c1-17(28-25(33)23-27-15-20(29-23)13-12-18-8-4-2-5-9-18)24(32)30-21-14-22(31)35-26(21)34-16-19-10-6-3-7-11-19/h2-11,15,17,21,26H,12-14,16H2,1H3,(H,27,29)(H,28,33)(H,30,32)/t17-,21?,26?/m0/s1. The van der Waals surface area contributed by atoms with Crippen molar-refractivity contribution in [2.24, 2.45) is 0 Å². The van der Waals surface area contributed by atoms with Crippen molar-refractivity contribution in [3.8, 4) is 0 Å². The highest BCUT2D eigenvalue weighted by Crippen LogP contribution is 2.18. The Morgan fingerprint density at radius 1 is 1.09 bits per heavy atom. The van der Waals surface area contributed by atoms with Gasteiger partial charge in [-0.05, 0) is 30.9 Å². The number of aromatic amines is 1. The van der Waals surface area contributed by atoms with E-state index in [4.69, 9.17) is 9.47 Å². The maximum atomic E-state index is 12.7. The Balaban J connectivity index is 1.26. The van der Waals surface area contributed by atoms with E-state index in [0.29, 0.717) is 6.42 Å². The maximum Gasteiger partial charge on any atom is 0.310 e. The summed E-state index contributed by atoms with van der Waals surface area (Å²) in [7, 11) is 0. The van der Waals surface area contributed by atoms with Gasteiger partial charge in [-0.1, -0.05) is 60.7 Å². The summed E-state index contributed by atoms with van der Waals surface area (Å²) >= 11 is 0. The quantitative estimate of drug-likeness (QED) is 0.386. The van der Waals surface area contributed by atoms with E-state index in [9.17, 15) is 14.4 Å². The van der Waals surface area contributed by atoms with E-state index in [1.165, 1.54) is 5.56 Å². The highest BCUT2D eigenvalue weighted by atomic mass is 16.7. The minimum Gasteiger partial charge on any atom is -0.433 e. The number of hydrogen-bond acceptors (Lipinski definition) is 6. The van der Waals surface area contributed by atoms with Crippen molar-refractivity contribution in [3.05, 3.63) is 89.5 Å². The van der Waals surface area contributed by atoms with Crippen LogP contribution in [0.3, 0.4) is 0 Å². The Hall–Kier alpha value is -3.98. The van der Waals surface area contributed by atoms with E-state index in [-0.39, 0.29) is 18.9 Å². The number of nitrogens with one attached hydrogen (secondary N) is 3. The highest BCUT2D eigenvalue weighted by molar-refractivity contribution is 5.95. The Labute approximate surface area is 203 Å². The number of nitrogens with zero attached hydrogens (tertiary/aromatic N) is 1. The van der Waals surface area contributed by atoms with Gasteiger partial charge >= 0.3 is 5.97 Å². The lowest BCUT2D eigenvalue weighted by Crippen LogP contribution is -2.50. The molecule has 9 nitrogen and oxygen atoms in total. The molecule has 35 heavy (non-hydrogen) atoms. The van der Waals surface area contributed by atoms with Crippen LogP contribution in [-0.2, 0) is 38.5 Å². The topological polar surface area (TPSA) is 122 Å². The van der Waals surface area contributed by atoms with Crippen molar-refractivity contribution >= 4 is 17.8 Å². The predicted molar refractivity (Wildman–Crippen MR) is 127 cm³/mol. The van der Waals surface area contributed by atoms with Crippen LogP contribution in [0.5, 0.6) is 0 Å². The van der Waals surface area contributed by atoms with Crippen LogP contribution >= 0.6 is 0 Å². The highest BCUT2D eigenvalue weighted by Gasteiger charge is 2.37. The molecule has 1 saturated heterocycles. The third-order valence-electron chi connectivity index (χ3n) is 5.66. The second-order valence-corrected chi connectivity index (χ2v) is 8.41. The average Bonchev–Trinajstić information content (AvgIpc) is 3.49. The summed E-state index contributed by atoms with van der Waals surface area (Å²) in [5.74, 6) is -1.26. The third-order valence-corrected chi connectivity index (χ3v) is 5.66. The largest absolute Gasteiger partial charge is 0.433 e. The second kappa shape index (κ2) is 11.4. The summed E-state index contributed by atoms with van der Waals surface area (Å²) < 4.78 is 10.9. The molecule has 0 bridgehead atoms. The lowest BCUT2D eigenvalue weighted by atomic mass is 10.1. The van der Waals surface area contributed by atoms with Crippen LogP contribution in [0.1, 0.15) is 40.8 Å². The molecule has 0 spiro atoms. The monoisotopic (exact) mass is 476 g/mol. The van der Waals surface area contributed by atoms with Crippen molar-refractivity contribution in [2.75, 3.05) is 0 Å². The molecule has 1 aliphatic heterocycles. The van der Waals surface area contributed by atoms with Crippen molar-refractivity contribution in [2.45, 2.75) is 51.2 Å². The molecule has 3 atom stereocenters. The summed E-state index contributed by atoms with van der Waals surface area (Å²) in [4.78, 5) is 44.2. The average molecular weight is 477 g/mol. The fourth-order valence-corrected chi connectivity index (χ4v) is 3.72. The minimum atomic E-state index is -0.896. The van der Waals surface area contributed by atoms with E-state index < -0.39 is 36.2 Å². The van der Waals surface area contributed by atoms with Gasteiger partial charge in [-0.2, -0.15) is 0 Å². The number of rotatable bonds is 10. The minimum absolute atomic E-state index is 0.00514. The molecule has 1 aliphatic rings. The lowest BCUT2D eigenvalue weighted by Gasteiger charge is -2.21. The van der Waals surface area contributed by atoms with Gasteiger partial charge in [-0.25, -0.2) is 4.98 Å². The molecule has 182 valence electrons. The van der Waals surface area contributed by atoms with Crippen molar-refractivity contribution in [1.82, 2.24) is 20.6 Å². The van der Waals surface area contributed by atoms with Crippen molar-refractivity contribution in [1.29, 1.82) is 0 Å². The number of carbonyl (C=O) groups excluding carboxylic acids is 3. The molecule has 1 aromatic heterocycles. The van der Waals surface area contributed by atoms with E-state index in [2.05, 4.69) is 20.6 Å². The third kappa shape index (κ3) is 6.77. The summed E-state index contributed by atoms with van der Waals surface area (Å²) in [6.45, 7) is 1.80. The summed E-state index contributed by atoms with van der Waals surface area (Å²) in [6, 6.07) is 18.0. The van der Waals surface area contributed by atoms with Crippen LogP contribution in [0.4, 0.5) is 0 Å². The Morgan fingerprint density at radius 2 is 1.77 bits per heavy atom. The molecule has 4 rings (SSSR count). The number of benzene rings is 2. The number of cyclic esters (lactones) is 1. The molecule has 3 aromatic rings. The van der Waals surface area contributed by atoms with E-state index in [1.54, 1.807) is 13.1 Å². The Bertz CT molecular complexity index is 1150. The molecule has 2 unspecified atom stereocenters. The SMILES string of the molecule is C[C@H](NC(=O)c1ncc(CCc2ccccc2)[nH]1)C(=O)NC1CC(=O)OC1OCc1ccccc1. The van der Waals surface area contributed by atoms with Crippen molar-refractivity contribution < 1.29 is 23.9 Å². The first-order valence-corrected chi connectivity index (χ1v) is 11.5. The van der Waals surface area contributed by atoms with Crippen molar-refractivity contribution in [3.63, 3.8) is 0 Å². The molecule has 3 N–H and O–H groups in total. The van der Waals surface area contributed by atoms with Gasteiger partial charge in [-0.3, -0.25) is 14.4 Å². The number of aromatic nitrogens is 2. The molecule has 2 heterocycles. The molecular formula is C26H28N4O5. The molecular weight excluding hydrogens is 448 g/mol. The van der Waals surface area contributed by atoms with Gasteiger partial charge in [0, 0.05) is 11.9 Å². The number of carbonyl (C=O) groups is 3. The summed E-state index contributed by atoms with van der Waals surface area (Å²) in [5.41, 5.74) is 2.94. The number of esters is 1. The van der Waals surface area contributed by atoms with Crippen LogP contribution in [-0.4, -0.2) is 46.1 Å². The zero-order valence-corrected chi connectivity index (χ0v) is 19.4. The van der Waals surface area contributed by atoms with Gasteiger partial charge in [0.15, 0.2) is 5.82 Å². The Kier molecular flexibility index (Phi) is 7.89. The second-order valence-electron chi connectivity index (χ2n) is 8.41. The van der Waals surface area contributed by atoms with E-state index in [1.807, 2.05) is 60.7 Å². The first-order valence-electron chi connectivity index (χ1n) is 11.5. The molecule has 0 saturated carbocycles. The number of aryl methyl sites for hydroxylation is 2. The Morgan fingerprint density at radius 3 is 2.49 bits per heavy atom. The zero-order chi connectivity index (χ0) is 24.6. The molecule has 9 heteroatoms. The summed E-state index contributed by atoms with van der Waals surface area (Å²) in [6.07, 6.45) is 2.25. The van der Waals surface area contributed by atoms with Crippen LogP contribution in [0.25, 0.3) is 0 Å². The molecule has 1 fully saturated rings. The van der Waals surface area contributed by atoms with Gasteiger partial charge in [-0.15, -0.1) is 0 Å². The zero-order valence-electron chi connectivity index (χ0n) is 19.4. The number of H-pyrrole nitrogens is 1. The van der Waals surface area contributed by atoms with Crippen LogP contribution in [0, 0.1) is 0 Å². The van der Waals surface area contributed by atoms with Gasteiger partial charge < -0.3 is 25.1 Å².